The monoisotopic (exact) mass is 269 g/mol. The lowest BCUT2D eigenvalue weighted by Crippen LogP contribution is -2.54. The molecule has 2 rings (SSSR count). The van der Waals surface area contributed by atoms with Gasteiger partial charge >= 0.3 is 0 Å². The highest BCUT2D eigenvalue weighted by atomic mass is 16.5. The van der Waals surface area contributed by atoms with Crippen molar-refractivity contribution in [2.75, 3.05) is 53.0 Å². The van der Waals surface area contributed by atoms with Crippen molar-refractivity contribution in [1.29, 1.82) is 0 Å². The fourth-order valence-electron chi connectivity index (χ4n) is 2.93. The normalized spacial score (nSPS) is 24.0. The van der Waals surface area contributed by atoms with Crippen LogP contribution in [0.1, 0.15) is 26.7 Å². The van der Waals surface area contributed by atoms with Gasteiger partial charge in [-0.1, -0.05) is 13.8 Å². The Morgan fingerprint density at radius 3 is 2.32 bits per heavy atom. The molecule has 4 nitrogen and oxygen atoms in total. The van der Waals surface area contributed by atoms with Gasteiger partial charge in [-0.15, -0.1) is 0 Å². The fraction of sp³-hybridized carbons (Fsp3) is 1.00. The maximum atomic E-state index is 5.41. The average Bonchev–Trinajstić information content (AvgIpc) is 3.22. The van der Waals surface area contributed by atoms with Crippen molar-refractivity contribution in [1.82, 2.24) is 15.1 Å². The predicted octanol–water partition coefficient (Wildman–Crippen LogP) is 1.03. The van der Waals surface area contributed by atoms with E-state index >= 15 is 0 Å². The third-order valence-corrected chi connectivity index (χ3v) is 4.22. The molecule has 0 aromatic rings. The van der Waals surface area contributed by atoms with Crippen LogP contribution < -0.4 is 5.32 Å². The van der Waals surface area contributed by atoms with Crippen molar-refractivity contribution in [2.24, 2.45) is 5.92 Å². The van der Waals surface area contributed by atoms with E-state index in [0.717, 1.165) is 31.7 Å². The van der Waals surface area contributed by atoms with Crippen LogP contribution in [-0.4, -0.2) is 74.9 Å². The second kappa shape index (κ2) is 7.58. The molecule has 2 fully saturated rings. The van der Waals surface area contributed by atoms with Crippen LogP contribution in [-0.2, 0) is 4.74 Å². The molecule has 19 heavy (non-hydrogen) atoms. The molecular formula is C15H31N3O. The second-order valence-corrected chi connectivity index (χ2v) is 6.46. The lowest BCUT2D eigenvalue weighted by atomic mass is 10.2. The summed E-state index contributed by atoms with van der Waals surface area (Å²) in [5, 5.41) is 3.58. The SMILES string of the molecule is COCC(CNCC(C)C)N1CCN(C2CC2)CC1. The molecule has 0 bridgehead atoms. The van der Waals surface area contributed by atoms with E-state index in [2.05, 4.69) is 29.0 Å². The van der Waals surface area contributed by atoms with Gasteiger partial charge in [0.25, 0.3) is 0 Å². The van der Waals surface area contributed by atoms with Crippen molar-refractivity contribution in [3.63, 3.8) is 0 Å². The summed E-state index contributed by atoms with van der Waals surface area (Å²) in [7, 11) is 1.82. The minimum Gasteiger partial charge on any atom is -0.383 e. The Morgan fingerprint density at radius 2 is 1.79 bits per heavy atom. The molecule has 0 spiro atoms. The molecule has 1 atom stereocenters. The molecule has 1 heterocycles. The Bertz CT molecular complexity index is 248. The molecule has 1 N–H and O–H groups in total. The molecule has 0 amide bonds. The van der Waals surface area contributed by atoms with Gasteiger partial charge in [0, 0.05) is 51.9 Å². The minimum atomic E-state index is 0.533. The third kappa shape index (κ3) is 5.03. The van der Waals surface area contributed by atoms with Crippen LogP contribution in [0.3, 0.4) is 0 Å². The molecule has 1 saturated carbocycles. The second-order valence-electron chi connectivity index (χ2n) is 6.46. The highest BCUT2D eigenvalue weighted by Crippen LogP contribution is 2.27. The summed E-state index contributed by atoms with van der Waals surface area (Å²) in [6.45, 7) is 12.4. The van der Waals surface area contributed by atoms with Gasteiger partial charge in [0.15, 0.2) is 0 Å². The van der Waals surface area contributed by atoms with E-state index in [9.17, 15) is 0 Å². The van der Waals surface area contributed by atoms with E-state index in [1.807, 2.05) is 7.11 Å². The molecule has 0 aromatic heterocycles. The van der Waals surface area contributed by atoms with Gasteiger partial charge in [-0.2, -0.15) is 0 Å². The van der Waals surface area contributed by atoms with E-state index < -0.39 is 0 Å². The highest BCUT2D eigenvalue weighted by molar-refractivity contribution is 4.89. The molecular weight excluding hydrogens is 238 g/mol. The number of hydrogen-bond acceptors (Lipinski definition) is 4. The molecule has 2 aliphatic rings. The van der Waals surface area contributed by atoms with Gasteiger partial charge < -0.3 is 10.1 Å². The summed E-state index contributed by atoms with van der Waals surface area (Å²) in [6, 6.07) is 1.45. The Kier molecular flexibility index (Phi) is 6.07. The van der Waals surface area contributed by atoms with Crippen molar-refractivity contribution >= 4 is 0 Å². The van der Waals surface area contributed by atoms with Crippen molar-refractivity contribution in [2.45, 2.75) is 38.8 Å². The standard InChI is InChI=1S/C15H31N3O/c1-13(2)10-16-11-15(12-19-3)18-8-6-17(7-9-18)14-4-5-14/h13-16H,4-12H2,1-3H3. The molecule has 112 valence electrons. The van der Waals surface area contributed by atoms with Gasteiger partial charge in [-0.05, 0) is 25.3 Å². The number of methoxy groups -OCH3 is 1. The predicted molar refractivity (Wildman–Crippen MR) is 79.5 cm³/mol. The first-order chi connectivity index (χ1) is 9.20. The first-order valence-electron chi connectivity index (χ1n) is 7.88. The van der Waals surface area contributed by atoms with Gasteiger partial charge in [-0.25, -0.2) is 0 Å². The van der Waals surface area contributed by atoms with Crippen molar-refractivity contribution < 1.29 is 4.74 Å². The van der Waals surface area contributed by atoms with Crippen LogP contribution in [0.25, 0.3) is 0 Å². The lowest BCUT2D eigenvalue weighted by Gasteiger charge is -2.39. The number of hydrogen-bond donors (Lipinski definition) is 1. The smallest absolute Gasteiger partial charge is 0.0630 e. The molecule has 1 aliphatic carbocycles. The molecule has 1 unspecified atom stereocenters. The molecule has 0 radical (unpaired) electrons. The van der Waals surface area contributed by atoms with Gasteiger partial charge in [0.1, 0.15) is 0 Å². The van der Waals surface area contributed by atoms with Gasteiger partial charge in [0.2, 0.25) is 0 Å². The molecule has 1 saturated heterocycles. The maximum Gasteiger partial charge on any atom is 0.0630 e. The third-order valence-electron chi connectivity index (χ3n) is 4.22. The maximum absolute atomic E-state index is 5.41. The molecule has 1 aliphatic heterocycles. The molecule has 0 aromatic carbocycles. The quantitative estimate of drug-likeness (QED) is 0.712. The highest BCUT2D eigenvalue weighted by Gasteiger charge is 2.32. The van der Waals surface area contributed by atoms with Crippen molar-refractivity contribution in [3.8, 4) is 0 Å². The summed E-state index contributed by atoms with van der Waals surface area (Å²) in [4.78, 5) is 5.28. The van der Waals surface area contributed by atoms with E-state index in [4.69, 9.17) is 4.74 Å². The summed E-state index contributed by atoms with van der Waals surface area (Å²) in [5.74, 6) is 0.718. The Labute approximate surface area is 118 Å². The zero-order valence-corrected chi connectivity index (χ0v) is 12.9. The average molecular weight is 269 g/mol. The Morgan fingerprint density at radius 1 is 1.11 bits per heavy atom. The van der Waals surface area contributed by atoms with Gasteiger partial charge in [0.05, 0.1) is 6.61 Å². The van der Waals surface area contributed by atoms with Crippen LogP contribution in [0, 0.1) is 5.92 Å². The first-order valence-corrected chi connectivity index (χ1v) is 7.88. The first kappa shape index (κ1) is 15.2. The largest absolute Gasteiger partial charge is 0.383 e. The summed E-state index contributed by atoms with van der Waals surface area (Å²) < 4.78 is 5.41. The van der Waals surface area contributed by atoms with E-state index in [-0.39, 0.29) is 0 Å². The number of piperazine rings is 1. The summed E-state index contributed by atoms with van der Waals surface area (Å²) >= 11 is 0. The Hall–Kier alpha value is -0.160. The number of rotatable bonds is 8. The van der Waals surface area contributed by atoms with Crippen LogP contribution in [0.2, 0.25) is 0 Å². The van der Waals surface area contributed by atoms with Crippen LogP contribution in [0.15, 0.2) is 0 Å². The van der Waals surface area contributed by atoms with Crippen LogP contribution in [0.4, 0.5) is 0 Å². The lowest BCUT2D eigenvalue weighted by molar-refractivity contribution is 0.0469. The fourth-order valence-corrected chi connectivity index (χ4v) is 2.93. The zero-order valence-electron chi connectivity index (χ0n) is 12.9. The zero-order chi connectivity index (χ0) is 13.7. The van der Waals surface area contributed by atoms with Crippen LogP contribution >= 0.6 is 0 Å². The Balaban J connectivity index is 1.71. The van der Waals surface area contributed by atoms with Gasteiger partial charge in [-0.3, -0.25) is 9.80 Å². The minimum absolute atomic E-state index is 0.533. The number of nitrogens with zero attached hydrogens (tertiary/aromatic N) is 2. The number of nitrogens with one attached hydrogen (secondary N) is 1. The summed E-state index contributed by atoms with van der Waals surface area (Å²) in [5.41, 5.74) is 0. The topological polar surface area (TPSA) is 27.7 Å². The summed E-state index contributed by atoms with van der Waals surface area (Å²) in [6.07, 6.45) is 2.86. The van der Waals surface area contributed by atoms with E-state index in [0.29, 0.717) is 6.04 Å². The van der Waals surface area contributed by atoms with Crippen molar-refractivity contribution in [3.05, 3.63) is 0 Å². The van der Waals surface area contributed by atoms with E-state index in [1.54, 1.807) is 0 Å². The van der Waals surface area contributed by atoms with E-state index in [1.165, 1.54) is 39.0 Å². The van der Waals surface area contributed by atoms with Crippen LogP contribution in [0.5, 0.6) is 0 Å². The molecule has 4 heteroatoms. The number of ether oxygens (including phenoxy) is 1.